The molecule has 1 N–H and O–H groups in total. The standard InChI is InChI=1S/C13H18ClNOS/c1-10(2)12(14)8-15-13(16)9-17-11-6-4-3-5-7-11/h3-7,10,12H,8-9H2,1-2H3,(H,15,16). The van der Waals surface area contributed by atoms with E-state index in [0.29, 0.717) is 18.2 Å². The molecule has 4 heteroatoms. The average molecular weight is 272 g/mol. The fourth-order valence-electron chi connectivity index (χ4n) is 1.16. The highest BCUT2D eigenvalue weighted by atomic mass is 35.5. The van der Waals surface area contributed by atoms with E-state index < -0.39 is 0 Å². The number of amides is 1. The Bertz CT molecular complexity index is 343. The van der Waals surface area contributed by atoms with Gasteiger partial charge in [-0.15, -0.1) is 23.4 Å². The van der Waals surface area contributed by atoms with Crippen molar-refractivity contribution in [2.45, 2.75) is 24.1 Å². The minimum atomic E-state index is 0.000625. The number of rotatable bonds is 6. The van der Waals surface area contributed by atoms with Crippen molar-refractivity contribution in [1.29, 1.82) is 0 Å². The van der Waals surface area contributed by atoms with Crippen molar-refractivity contribution in [3.63, 3.8) is 0 Å². The van der Waals surface area contributed by atoms with Gasteiger partial charge in [0.1, 0.15) is 0 Å². The first-order valence-electron chi connectivity index (χ1n) is 5.68. The van der Waals surface area contributed by atoms with Crippen LogP contribution in [-0.4, -0.2) is 23.6 Å². The van der Waals surface area contributed by atoms with Crippen LogP contribution in [0.15, 0.2) is 35.2 Å². The van der Waals surface area contributed by atoms with Gasteiger partial charge in [0.15, 0.2) is 0 Å². The van der Waals surface area contributed by atoms with Gasteiger partial charge in [0, 0.05) is 11.4 Å². The quantitative estimate of drug-likeness (QED) is 0.636. The molecule has 0 fully saturated rings. The minimum Gasteiger partial charge on any atom is -0.354 e. The molecule has 0 spiro atoms. The number of hydrogen-bond acceptors (Lipinski definition) is 2. The molecule has 94 valence electrons. The second-order valence-corrected chi connectivity index (χ2v) is 5.78. The van der Waals surface area contributed by atoms with Crippen molar-refractivity contribution >= 4 is 29.3 Å². The molecular weight excluding hydrogens is 254 g/mol. The third kappa shape index (κ3) is 5.99. The Labute approximate surface area is 112 Å². The average Bonchev–Trinajstić information content (AvgIpc) is 2.34. The predicted octanol–water partition coefficient (Wildman–Crippen LogP) is 3.16. The minimum absolute atomic E-state index is 0.000625. The number of thioether (sulfide) groups is 1. The van der Waals surface area contributed by atoms with Crippen LogP contribution in [0.3, 0.4) is 0 Å². The number of halogens is 1. The van der Waals surface area contributed by atoms with Gasteiger partial charge in [-0.25, -0.2) is 0 Å². The van der Waals surface area contributed by atoms with Crippen molar-refractivity contribution in [2.24, 2.45) is 5.92 Å². The molecule has 1 unspecified atom stereocenters. The molecule has 0 aromatic heterocycles. The molecule has 1 rings (SSSR count). The number of carbonyl (C=O) groups excluding carboxylic acids is 1. The molecule has 0 aliphatic rings. The summed E-state index contributed by atoms with van der Waals surface area (Å²) in [7, 11) is 0. The molecule has 2 nitrogen and oxygen atoms in total. The van der Waals surface area contributed by atoms with Gasteiger partial charge in [-0.1, -0.05) is 32.0 Å². The molecule has 0 saturated heterocycles. The van der Waals surface area contributed by atoms with Crippen molar-refractivity contribution in [2.75, 3.05) is 12.3 Å². The maximum absolute atomic E-state index is 11.6. The SMILES string of the molecule is CC(C)C(Cl)CNC(=O)CSc1ccccc1. The van der Waals surface area contributed by atoms with Crippen LogP contribution in [-0.2, 0) is 4.79 Å². The molecule has 0 saturated carbocycles. The maximum Gasteiger partial charge on any atom is 0.230 e. The lowest BCUT2D eigenvalue weighted by Crippen LogP contribution is -2.33. The summed E-state index contributed by atoms with van der Waals surface area (Å²) in [5.41, 5.74) is 0. The summed E-state index contributed by atoms with van der Waals surface area (Å²) in [6.07, 6.45) is 0. The van der Waals surface area contributed by atoms with E-state index >= 15 is 0 Å². The summed E-state index contributed by atoms with van der Waals surface area (Å²) in [6.45, 7) is 4.62. The topological polar surface area (TPSA) is 29.1 Å². The van der Waals surface area contributed by atoms with Crippen LogP contribution < -0.4 is 5.32 Å². The highest BCUT2D eigenvalue weighted by Crippen LogP contribution is 2.16. The Morgan fingerprint density at radius 3 is 2.59 bits per heavy atom. The van der Waals surface area contributed by atoms with Crippen LogP contribution >= 0.6 is 23.4 Å². The normalized spacial score (nSPS) is 12.5. The Morgan fingerprint density at radius 2 is 2.00 bits per heavy atom. The van der Waals surface area contributed by atoms with Gasteiger partial charge in [-0.2, -0.15) is 0 Å². The lowest BCUT2D eigenvalue weighted by atomic mass is 10.1. The van der Waals surface area contributed by atoms with Crippen LogP contribution in [0.4, 0.5) is 0 Å². The second-order valence-electron chi connectivity index (χ2n) is 4.17. The first kappa shape index (κ1) is 14.4. The first-order chi connectivity index (χ1) is 8.09. The van der Waals surface area contributed by atoms with Crippen LogP contribution in [0.2, 0.25) is 0 Å². The zero-order valence-electron chi connectivity index (χ0n) is 10.2. The Kier molecular flexibility index (Phi) is 6.45. The van der Waals surface area contributed by atoms with E-state index in [-0.39, 0.29) is 11.3 Å². The van der Waals surface area contributed by atoms with E-state index in [9.17, 15) is 4.79 Å². The van der Waals surface area contributed by atoms with Gasteiger partial charge in [0.2, 0.25) is 5.91 Å². The molecule has 1 aromatic carbocycles. The van der Waals surface area contributed by atoms with Crippen molar-refractivity contribution in [3.8, 4) is 0 Å². The molecule has 1 amide bonds. The molecule has 0 heterocycles. The van der Waals surface area contributed by atoms with E-state index in [0.717, 1.165) is 4.90 Å². The van der Waals surface area contributed by atoms with E-state index in [1.807, 2.05) is 44.2 Å². The molecule has 1 atom stereocenters. The summed E-state index contributed by atoms with van der Waals surface area (Å²) in [6, 6.07) is 9.89. The summed E-state index contributed by atoms with van der Waals surface area (Å²) in [5, 5.41) is 2.84. The van der Waals surface area contributed by atoms with Crippen molar-refractivity contribution < 1.29 is 4.79 Å². The molecule has 1 aromatic rings. The van der Waals surface area contributed by atoms with Gasteiger partial charge in [0.05, 0.1) is 11.1 Å². The summed E-state index contributed by atoms with van der Waals surface area (Å²) in [5.74, 6) is 0.843. The van der Waals surface area contributed by atoms with E-state index in [4.69, 9.17) is 11.6 Å². The van der Waals surface area contributed by atoms with Crippen LogP contribution in [0.25, 0.3) is 0 Å². The summed E-state index contributed by atoms with van der Waals surface area (Å²) < 4.78 is 0. The third-order valence-corrected chi connectivity index (χ3v) is 4.00. The van der Waals surface area contributed by atoms with Crippen LogP contribution in [0, 0.1) is 5.92 Å². The maximum atomic E-state index is 11.6. The van der Waals surface area contributed by atoms with Crippen molar-refractivity contribution in [1.82, 2.24) is 5.32 Å². The predicted molar refractivity (Wildman–Crippen MR) is 74.7 cm³/mol. The number of benzene rings is 1. The Morgan fingerprint density at radius 1 is 1.35 bits per heavy atom. The third-order valence-electron chi connectivity index (χ3n) is 2.33. The molecule has 17 heavy (non-hydrogen) atoms. The van der Waals surface area contributed by atoms with E-state index in [1.54, 1.807) is 0 Å². The number of carbonyl (C=O) groups is 1. The summed E-state index contributed by atoms with van der Waals surface area (Å²) >= 11 is 7.59. The number of alkyl halides is 1. The van der Waals surface area contributed by atoms with Gasteiger partial charge < -0.3 is 5.32 Å². The highest BCUT2D eigenvalue weighted by Gasteiger charge is 2.10. The van der Waals surface area contributed by atoms with Gasteiger partial charge >= 0.3 is 0 Å². The molecule has 0 radical (unpaired) electrons. The number of nitrogens with one attached hydrogen (secondary N) is 1. The lowest BCUT2D eigenvalue weighted by molar-refractivity contribution is -0.118. The van der Waals surface area contributed by atoms with Crippen molar-refractivity contribution in [3.05, 3.63) is 30.3 Å². The zero-order valence-corrected chi connectivity index (χ0v) is 11.7. The Hall–Kier alpha value is -0.670. The van der Waals surface area contributed by atoms with Gasteiger partial charge in [-0.3, -0.25) is 4.79 Å². The lowest BCUT2D eigenvalue weighted by Gasteiger charge is -2.13. The van der Waals surface area contributed by atoms with Gasteiger partial charge in [0.25, 0.3) is 0 Å². The Balaban J connectivity index is 2.22. The molecule has 0 aliphatic heterocycles. The molecule has 0 bridgehead atoms. The molecular formula is C13H18ClNOS. The number of hydrogen-bond donors (Lipinski definition) is 1. The van der Waals surface area contributed by atoms with Crippen LogP contribution in [0.1, 0.15) is 13.8 Å². The van der Waals surface area contributed by atoms with Gasteiger partial charge in [-0.05, 0) is 18.1 Å². The summed E-state index contributed by atoms with van der Waals surface area (Å²) in [4.78, 5) is 12.7. The zero-order chi connectivity index (χ0) is 12.7. The highest BCUT2D eigenvalue weighted by molar-refractivity contribution is 8.00. The van der Waals surface area contributed by atoms with E-state index in [2.05, 4.69) is 5.32 Å². The first-order valence-corrected chi connectivity index (χ1v) is 7.10. The van der Waals surface area contributed by atoms with Crippen LogP contribution in [0.5, 0.6) is 0 Å². The van der Waals surface area contributed by atoms with E-state index in [1.165, 1.54) is 11.8 Å². The smallest absolute Gasteiger partial charge is 0.230 e. The monoisotopic (exact) mass is 271 g/mol. The largest absolute Gasteiger partial charge is 0.354 e. The fraction of sp³-hybridized carbons (Fsp3) is 0.462. The molecule has 0 aliphatic carbocycles. The fourth-order valence-corrected chi connectivity index (χ4v) is 1.99. The second kappa shape index (κ2) is 7.62.